The van der Waals surface area contributed by atoms with Gasteiger partial charge in [-0.25, -0.2) is 9.97 Å². The Morgan fingerprint density at radius 3 is 3.06 bits per heavy atom. The van der Waals surface area contributed by atoms with E-state index in [-0.39, 0.29) is 5.82 Å². The molecule has 0 atom stereocenters. The van der Waals surface area contributed by atoms with E-state index in [1.807, 2.05) is 6.20 Å². The van der Waals surface area contributed by atoms with Crippen LogP contribution in [-0.2, 0) is 6.54 Å². The Morgan fingerprint density at radius 2 is 2.29 bits per heavy atom. The predicted octanol–water partition coefficient (Wildman–Crippen LogP) is 0.806. The second kappa shape index (κ2) is 5.44. The van der Waals surface area contributed by atoms with Crippen molar-refractivity contribution >= 4 is 23.2 Å². The van der Waals surface area contributed by atoms with Gasteiger partial charge in [-0.1, -0.05) is 16.8 Å². The van der Waals surface area contributed by atoms with Crippen LogP contribution in [0.15, 0.2) is 18.7 Å². The first-order valence-corrected chi connectivity index (χ1v) is 5.49. The number of hydrogen-bond donors (Lipinski definition) is 2. The highest BCUT2D eigenvalue weighted by Gasteiger charge is 2.04. The van der Waals surface area contributed by atoms with Gasteiger partial charge >= 0.3 is 0 Å². The minimum absolute atomic E-state index is 0.278. The molecule has 0 saturated carbocycles. The van der Waals surface area contributed by atoms with Gasteiger partial charge in [-0.3, -0.25) is 4.68 Å². The number of nitrogens with two attached hydrogens (primary N) is 1. The lowest BCUT2D eigenvalue weighted by Crippen LogP contribution is -2.09. The summed E-state index contributed by atoms with van der Waals surface area (Å²) in [5.74, 6) is 0.832. The van der Waals surface area contributed by atoms with Gasteiger partial charge in [0.2, 0.25) is 0 Å². The third-order valence-corrected chi connectivity index (χ3v) is 2.52. The Bertz CT molecular complexity index is 470. The largest absolute Gasteiger partial charge is 0.382 e. The summed E-state index contributed by atoms with van der Waals surface area (Å²) in [7, 11) is 0. The molecule has 0 saturated heterocycles. The molecule has 0 aliphatic carbocycles. The van der Waals surface area contributed by atoms with Crippen molar-refractivity contribution in [2.45, 2.75) is 13.0 Å². The van der Waals surface area contributed by atoms with Crippen molar-refractivity contribution in [1.29, 1.82) is 0 Å². The van der Waals surface area contributed by atoms with Crippen LogP contribution in [0, 0.1) is 0 Å². The highest BCUT2D eigenvalue weighted by molar-refractivity contribution is 6.35. The number of aryl methyl sites for hydroxylation is 1. The zero-order valence-corrected chi connectivity index (χ0v) is 9.80. The summed E-state index contributed by atoms with van der Waals surface area (Å²) in [4.78, 5) is 7.79. The lowest BCUT2D eigenvalue weighted by atomic mass is 10.4. The van der Waals surface area contributed by atoms with E-state index in [2.05, 4.69) is 25.6 Å². The van der Waals surface area contributed by atoms with Crippen LogP contribution in [0.3, 0.4) is 0 Å². The second-order valence-electron chi connectivity index (χ2n) is 3.37. The molecule has 8 heteroatoms. The molecule has 0 aliphatic rings. The fourth-order valence-electron chi connectivity index (χ4n) is 1.31. The van der Waals surface area contributed by atoms with Gasteiger partial charge in [0.25, 0.3) is 0 Å². The summed E-state index contributed by atoms with van der Waals surface area (Å²) >= 11 is 5.93. The molecule has 0 radical (unpaired) electrons. The van der Waals surface area contributed by atoms with Crippen LogP contribution >= 0.6 is 11.6 Å². The molecule has 7 nitrogen and oxygen atoms in total. The van der Waals surface area contributed by atoms with E-state index in [1.165, 1.54) is 6.33 Å². The van der Waals surface area contributed by atoms with E-state index in [4.69, 9.17) is 17.3 Å². The number of nitrogens with one attached hydrogen (secondary N) is 1. The number of aromatic nitrogens is 5. The van der Waals surface area contributed by atoms with E-state index < -0.39 is 0 Å². The fourth-order valence-corrected chi connectivity index (χ4v) is 1.47. The Labute approximate surface area is 103 Å². The standard InChI is InChI=1S/C9H12ClN7/c10-7-8(11)13-6-14-9(7)12-2-1-4-17-5-3-15-16-17/h3,5-6H,1-2,4H2,(H3,11,12,13,14). The van der Waals surface area contributed by atoms with E-state index >= 15 is 0 Å². The van der Waals surface area contributed by atoms with E-state index in [9.17, 15) is 0 Å². The zero-order chi connectivity index (χ0) is 12.1. The summed E-state index contributed by atoms with van der Waals surface area (Å²) in [6.45, 7) is 1.50. The number of anilines is 2. The topological polar surface area (TPSA) is 94.5 Å². The van der Waals surface area contributed by atoms with Gasteiger partial charge in [-0.15, -0.1) is 5.10 Å². The van der Waals surface area contributed by atoms with Gasteiger partial charge in [-0.05, 0) is 6.42 Å². The van der Waals surface area contributed by atoms with E-state index in [0.717, 1.165) is 19.5 Å². The lowest BCUT2D eigenvalue weighted by molar-refractivity contribution is 0.569. The average molecular weight is 254 g/mol. The van der Waals surface area contributed by atoms with E-state index in [0.29, 0.717) is 10.8 Å². The van der Waals surface area contributed by atoms with Crippen molar-refractivity contribution in [3.8, 4) is 0 Å². The average Bonchev–Trinajstić information content (AvgIpc) is 2.83. The molecule has 2 aromatic rings. The summed E-state index contributed by atoms with van der Waals surface area (Å²) < 4.78 is 1.76. The fraction of sp³-hybridized carbons (Fsp3) is 0.333. The van der Waals surface area contributed by atoms with Crippen LogP contribution in [0.5, 0.6) is 0 Å². The molecule has 0 fully saturated rings. The molecule has 17 heavy (non-hydrogen) atoms. The molecule has 90 valence electrons. The van der Waals surface area contributed by atoms with Crippen LogP contribution < -0.4 is 11.1 Å². The lowest BCUT2D eigenvalue weighted by Gasteiger charge is -2.07. The number of nitrogen functional groups attached to an aromatic ring is 1. The van der Waals surface area contributed by atoms with Crippen molar-refractivity contribution in [3.05, 3.63) is 23.7 Å². The van der Waals surface area contributed by atoms with Crippen LogP contribution in [0.25, 0.3) is 0 Å². The van der Waals surface area contributed by atoms with Crippen molar-refractivity contribution < 1.29 is 0 Å². The summed E-state index contributed by atoms with van der Waals surface area (Å²) in [5, 5.41) is 11.0. The van der Waals surface area contributed by atoms with Gasteiger partial charge in [0.05, 0.1) is 6.20 Å². The summed E-state index contributed by atoms with van der Waals surface area (Å²) in [6, 6.07) is 0. The second-order valence-corrected chi connectivity index (χ2v) is 3.75. The SMILES string of the molecule is Nc1ncnc(NCCCn2ccnn2)c1Cl. The van der Waals surface area contributed by atoms with Crippen LogP contribution in [-0.4, -0.2) is 31.5 Å². The first-order chi connectivity index (χ1) is 8.27. The Morgan fingerprint density at radius 1 is 1.41 bits per heavy atom. The minimum atomic E-state index is 0.278. The van der Waals surface area contributed by atoms with Crippen molar-refractivity contribution in [3.63, 3.8) is 0 Å². The number of rotatable bonds is 5. The summed E-state index contributed by atoms with van der Waals surface area (Å²) in [5.41, 5.74) is 5.56. The quantitative estimate of drug-likeness (QED) is 0.766. The molecule has 0 unspecified atom stereocenters. The summed E-state index contributed by atoms with van der Waals surface area (Å²) in [6.07, 6.45) is 5.72. The maximum Gasteiger partial charge on any atom is 0.150 e. The normalized spacial score (nSPS) is 10.4. The Balaban J connectivity index is 1.80. The Kier molecular flexibility index (Phi) is 3.71. The van der Waals surface area contributed by atoms with Crippen molar-refractivity contribution in [2.75, 3.05) is 17.6 Å². The maximum absolute atomic E-state index is 5.93. The maximum atomic E-state index is 5.93. The molecule has 2 heterocycles. The molecular formula is C9H12ClN7. The van der Waals surface area contributed by atoms with Gasteiger partial charge in [0.1, 0.15) is 23.0 Å². The Hall–Kier alpha value is -1.89. The monoisotopic (exact) mass is 253 g/mol. The molecule has 0 amide bonds. The minimum Gasteiger partial charge on any atom is -0.382 e. The van der Waals surface area contributed by atoms with Gasteiger partial charge in [-0.2, -0.15) is 0 Å². The third kappa shape index (κ3) is 3.04. The van der Waals surface area contributed by atoms with Crippen LogP contribution in [0.1, 0.15) is 6.42 Å². The van der Waals surface area contributed by atoms with Gasteiger partial charge in [0.15, 0.2) is 0 Å². The first-order valence-electron chi connectivity index (χ1n) is 5.11. The third-order valence-electron chi connectivity index (χ3n) is 2.14. The number of hydrogen-bond acceptors (Lipinski definition) is 6. The zero-order valence-electron chi connectivity index (χ0n) is 9.04. The van der Waals surface area contributed by atoms with Crippen LogP contribution in [0.2, 0.25) is 5.02 Å². The highest BCUT2D eigenvalue weighted by atomic mass is 35.5. The molecule has 0 spiro atoms. The highest BCUT2D eigenvalue weighted by Crippen LogP contribution is 2.22. The number of halogens is 1. The molecular weight excluding hydrogens is 242 g/mol. The molecule has 0 aliphatic heterocycles. The number of nitrogens with zero attached hydrogens (tertiary/aromatic N) is 5. The molecule has 2 aromatic heterocycles. The van der Waals surface area contributed by atoms with Crippen molar-refractivity contribution in [1.82, 2.24) is 25.0 Å². The molecule has 2 rings (SSSR count). The molecule has 3 N–H and O–H groups in total. The predicted molar refractivity (Wildman–Crippen MR) is 64.6 cm³/mol. The van der Waals surface area contributed by atoms with E-state index in [1.54, 1.807) is 10.9 Å². The molecule has 0 bridgehead atoms. The smallest absolute Gasteiger partial charge is 0.150 e. The van der Waals surface area contributed by atoms with Gasteiger partial charge in [0, 0.05) is 19.3 Å². The van der Waals surface area contributed by atoms with Crippen LogP contribution in [0.4, 0.5) is 11.6 Å². The first kappa shape index (κ1) is 11.6. The van der Waals surface area contributed by atoms with Crippen molar-refractivity contribution in [2.24, 2.45) is 0 Å². The van der Waals surface area contributed by atoms with Gasteiger partial charge < -0.3 is 11.1 Å². The molecule has 0 aromatic carbocycles.